The summed E-state index contributed by atoms with van der Waals surface area (Å²) in [7, 11) is 4.18. The molecule has 2 fully saturated rings. The van der Waals surface area contributed by atoms with Crippen LogP contribution in [0, 0.1) is 11.6 Å². The molecule has 3 heterocycles. The van der Waals surface area contributed by atoms with Crippen LogP contribution in [-0.2, 0) is 0 Å². The fraction of sp³-hybridized carbons (Fsp3) is 0.480. The maximum absolute atomic E-state index is 14.9. The van der Waals surface area contributed by atoms with Crippen molar-refractivity contribution in [3.8, 4) is 11.3 Å². The van der Waals surface area contributed by atoms with Gasteiger partial charge in [-0.25, -0.2) is 18.7 Å². The van der Waals surface area contributed by atoms with Gasteiger partial charge in [-0.05, 0) is 58.0 Å². The van der Waals surface area contributed by atoms with Crippen molar-refractivity contribution in [2.24, 2.45) is 0 Å². The number of hydrogen-bond acceptors (Lipinski definition) is 6. The molecule has 34 heavy (non-hydrogen) atoms. The van der Waals surface area contributed by atoms with Crippen LogP contribution in [0.2, 0.25) is 0 Å². The second-order valence-corrected chi connectivity index (χ2v) is 9.51. The molecule has 2 aliphatic rings. The van der Waals surface area contributed by atoms with E-state index in [4.69, 9.17) is 0 Å². The maximum atomic E-state index is 14.9. The number of nitrogens with zero attached hydrogens (tertiary/aromatic N) is 6. The Morgan fingerprint density at radius 3 is 2.47 bits per heavy atom. The molecule has 3 aromatic rings. The van der Waals surface area contributed by atoms with Gasteiger partial charge in [0.05, 0.1) is 24.1 Å². The zero-order valence-corrected chi connectivity index (χ0v) is 19.7. The molecule has 0 unspecified atom stereocenters. The van der Waals surface area contributed by atoms with E-state index in [1.54, 1.807) is 18.3 Å². The molecule has 2 aromatic heterocycles. The van der Waals surface area contributed by atoms with Gasteiger partial charge < -0.3 is 15.1 Å². The topological polar surface area (TPSA) is 62.1 Å². The predicted octanol–water partition coefficient (Wildman–Crippen LogP) is 5.01. The largest absolute Gasteiger partial charge is 0.369 e. The highest BCUT2D eigenvalue weighted by Gasteiger charge is 2.23. The highest BCUT2D eigenvalue weighted by Crippen LogP contribution is 2.31. The van der Waals surface area contributed by atoms with Crippen LogP contribution < -0.4 is 10.2 Å². The van der Waals surface area contributed by atoms with Crippen molar-refractivity contribution in [1.29, 1.82) is 0 Å². The van der Waals surface area contributed by atoms with E-state index in [1.807, 2.05) is 10.9 Å². The first-order chi connectivity index (χ1) is 16.5. The van der Waals surface area contributed by atoms with Gasteiger partial charge in [0, 0.05) is 36.6 Å². The fourth-order valence-corrected chi connectivity index (χ4v) is 5.05. The highest BCUT2D eigenvalue weighted by atomic mass is 19.1. The van der Waals surface area contributed by atoms with Crippen LogP contribution >= 0.6 is 0 Å². The molecule has 5 rings (SSSR count). The number of benzene rings is 1. The van der Waals surface area contributed by atoms with Gasteiger partial charge in [-0.2, -0.15) is 5.10 Å². The smallest absolute Gasteiger partial charge is 0.227 e. The second kappa shape index (κ2) is 9.66. The fourth-order valence-electron chi connectivity index (χ4n) is 5.05. The number of hydrogen-bond donors (Lipinski definition) is 1. The summed E-state index contributed by atoms with van der Waals surface area (Å²) < 4.78 is 31.4. The molecule has 0 radical (unpaired) electrons. The first kappa shape index (κ1) is 22.7. The molecular formula is C25H31F2N7. The van der Waals surface area contributed by atoms with E-state index in [-0.39, 0.29) is 17.5 Å². The van der Waals surface area contributed by atoms with Gasteiger partial charge in [-0.1, -0.05) is 12.8 Å². The van der Waals surface area contributed by atoms with E-state index in [9.17, 15) is 8.78 Å². The van der Waals surface area contributed by atoms with E-state index >= 15 is 0 Å². The number of nitrogens with one attached hydrogen (secondary N) is 1. The van der Waals surface area contributed by atoms with Crippen molar-refractivity contribution in [3.63, 3.8) is 0 Å². The van der Waals surface area contributed by atoms with Crippen LogP contribution in [0.1, 0.15) is 44.6 Å². The highest BCUT2D eigenvalue weighted by molar-refractivity contribution is 5.63. The lowest BCUT2D eigenvalue weighted by Crippen LogP contribution is -2.42. The van der Waals surface area contributed by atoms with Crippen LogP contribution in [0.3, 0.4) is 0 Å². The third-order valence-electron chi connectivity index (χ3n) is 7.06. The van der Waals surface area contributed by atoms with E-state index in [0.29, 0.717) is 29.0 Å². The zero-order chi connectivity index (χ0) is 23.7. The van der Waals surface area contributed by atoms with Crippen molar-refractivity contribution >= 4 is 17.3 Å². The lowest BCUT2D eigenvalue weighted by molar-refractivity contribution is 0.249. The third-order valence-corrected chi connectivity index (χ3v) is 7.06. The SMILES string of the molecule is CN(C)C1CCN(c2ccc(Nc3ncc(F)c(-c4cnn(C5CCCC5)c4)n3)cc2F)CC1. The molecule has 1 aromatic carbocycles. The molecule has 0 atom stereocenters. The van der Waals surface area contributed by atoms with Gasteiger partial charge in [-0.15, -0.1) is 0 Å². The number of halogens is 2. The normalized spacial score (nSPS) is 17.6. The van der Waals surface area contributed by atoms with Gasteiger partial charge >= 0.3 is 0 Å². The Morgan fingerprint density at radius 2 is 1.76 bits per heavy atom. The Kier molecular flexibility index (Phi) is 6.45. The van der Waals surface area contributed by atoms with Crippen LogP contribution in [0.5, 0.6) is 0 Å². The zero-order valence-electron chi connectivity index (χ0n) is 19.7. The summed E-state index contributed by atoms with van der Waals surface area (Å²) in [6, 6.07) is 5.93. The summed E-state index contributed by atoms with van der Waals surface area (Å²) in [5.74, 6) is -0.600. The second-order valence-electron chi connectivity index (χ2n) is 9.51. The lowest BCUT2D eigenvalue weighted by Gasteiger charge is -2.36. The Balaban J connectivity index is 1.30. The minimum Gasteiger partial charge on any atom is -0.369 e. The van der Waals surface area contributed by atoms with Crippen LogP contribution in [0.15, 0.2) is 36.8 Å². The lowest BCUT2D eigenvalue weighted by atomic mass is 10.0. The molecular weight excluding hydrogens is 436 g/mol. The quantitative estimate of drug-likeness (QED) is 0.550. The number of aromatic nitrogens is 4. The monoisotopic (exact) mass is 467 g/mol. The Labute approximate surface area is 198 Å². The average molecular weight is 468 g/mol. The molecule has 7 nitrogen and oxygen atoms in total. The summed E-state index contributed by atoms with van der Waals surface area (Å²) in [4.78, 5) is 12.7. The molecule has 0 spiro atoms. The standard InChI is InChI=1S/C25H31F2N7/c1-32(2)19-9-11-33(12-10-19)23-8-7-18(13-21(23)26)30-25-28-15-22(27)24(31-25)17-14-29-34(16-17)20-5-3-4-6-20/h7-8,13-16,19-20H,3-6,9-12H2,1-2H3,(H,28,30,31). The minimum absolute atomic E-state index is 0.183. The van der Waals surface area contributed by atoms with E-state index in [0.717, 1.165) is 45.0 Å². The predicted molar refractivity (Wildman–Crippen MR) is 129 cm³/mol. The van der Waals surface area contributed by atoms with Gasteiger partial charge in [-0.3, -0.25) is 4.68 Å². The molecule has 1 saturated heterocycles. The molecule has 1 aliphatic carbocycles. The van der Waals surface area contributed by atoms with Crippen molar-refractivity contribution in [2.45, 2.75) is 50.6 Å². The first-order valence-electron chi connectivity index (χ1n) is 12.0. The Bertz CT molecular complexity index is 1130. The summed E-state index contributed by atoms with van der Waals surface area (Å²) in [6.45, 7) is 1.65. The maximum Gasteiger partial charge on any atom is 0.227 e. The minimum atomic E-state index is -0.515. The van der Waals surface area contributed by atoms with Crippen LogP contribution in [-0.4, -0.2) is 57.9 Å². The van der Waals surface area contributed by atoms with Gasteiger partial charge in [0.1, 0.15) is 11.5 Å². The van der Waals surface area contributed by atoms with E-state index in [1.165, 1.54) is 18.9 Å². The van der Waals surface area contributed by atoms with Crippen LogP contribution in [0.4, 0.5) is 26.1 Å². The van der Waals surface area contributed by atoms with Crippen LogP contribution in [0.25, 0.3) is 11.3 Å². The summed E-state index contributed by atoms with van der Waals surface area (Å²) >= 11 is 0. The van der Waals surface area contributed by atoms with Crippen molar-refractivity contribution in [3.05, 3.63) is 48.4 Å². The summed E-state index contributed by atoms with van der Waals surface area (Å²) in [6.07, 6.45) is 11.2. The van der Waals surface area contributed by atoms with Gasteiger partial charge in [0.25, 0.3) is 0 Å². The number of rotatable bonds is 6. The molecule has 0 bridgehead atoms. The Morgan fingerprint density at radius 1 is 1.00 bits per heavy atom. The van der Waals surface area contributed by atoms with E-state index in [2.05, 4.69) is 44.3 Å². The number of piperidine rings is 1. The molecule has 0 amide bonds. The number of anilines is 3. The summed E-state index contributed by atoms with van der Waals surface area (Å²) in [5, 5.41) is 7.44. The molecule has 1 aliphatic heterocycles. The average Bonchev–Trinajstić information content (AvgIpc) is 3.53. The van der Waals surface area contributed by atoms with Gasteiger partial charge in [0.15, 0.2) is 5.82 Å². The summed E-state index contributed by atoms with van der Waals surface area (Å²) in [5.41, 5.74) is 1.91. The molecule has 1 saturated carbocycles. The molecule has 1 N–H and O–H groups in total. The third kappa shape index (κ3) is 4.75. The Hall–Kier alpha value is -3.07. The molecule has 9 heteroatoms. The van der Waals surface area contributed by atoms with Crippen molar-refractivity contribution in [2.75, 3.05) is 37.4 Å². The van der Waals surface area contributed by atoms with E-state index < -0.39 is 5.82 Å². The molecule has 180 valence electrons. The van der Waals surface area contributed by atoms with Crippen molar-refractivity contribution in [1.82, 2.24) is 24.6 Å². The first-order valence-corrected chi connectivity index (χ1v) is 12.0. The van der Waals surface area contributed by atoms with Gasteiger partial charge in [0.2, 0.25) is 5.95 Å². The van der Waals surface area contributed by atoms with Crippen molar-refractivity contribution < 1.29 is 8.78 Å².